The number of cyclic esters (lactones) is 2. The Hall–Kier alpha value is -0.290. The van der Waals surface area contributed by atoms with Gasteiger partial charge in [-0.2, -0.15) is 0 Å². The van der Waals surface area contributed by atoms with Crippen molar-refractivity contribution in [2.24, 2.45) is 0 Å². The van der Waals surface area contributed by atoms with E-state index >= 15 is 0 Å². The van der Waals surface area contributed by atoms with E-state index in [1.807, 2.05) is 0 Å². The van der Waals surface area contributed by atoms with E-state index < -0.39 is 21.2 Å². The van der Waals surface area contributed by atoms with Crippen LogP contribution in [-0.2, 0) is 9.47 Å². The molecule has 0 N–H and O–H groups in total. The Morgan fingerprint density at radius 1 is 1.09 bits per heavy atom. The van der Waals surface area contributed by atoms with Crippen molar-refractivity contribution in [3.8, 4) is 0 Å². The summed E-state index contributed by atoms with van der Waals surface area (Å²) in [4.78, 5) is 10.9. The summed E-state index contributed by atoms with van der Waals surface area (Å²) in [6.45, 7) is 9.44. The van der Waals surface area contributed by atoms with Gasteiger partial charge in [0, 0.05) is 7.26 Å². The number of carbonyl (C=O) groups is 1. The Balaban J connectivity index is 0.000000534. The molecule has 0 aromatic heterocycles. The number of ether oxygens (including phenoxy) is 2. The van der Waals surface area contributed by atoms with Crippen molar-refractivity contribution in [3.05, 3.63) is 0 Å². The molecule has 2 unspecified atom stereocenters. The molecule has 0 saturated carbocycles. The molecule has 3 nitrogen and oxygen atoms in total. The maximum atomic E-state index is 10.9. The summed E-state index contributed by atoms with van der Waals surface area (Å²) < 4.78 is 69.3. The van der Waals surface area contributed by atoms with Crippen molar-refractivity contribution in [2.45, 2.75) is 39.5 Å². The Morgan fingerprint density at radius 3 is 1.68 bits per heavy atom. The number of halogens is 6. The summed E-state index contributed by atoms with van der Waals surface area (Å²) in [5.41, 5.74) is 0.476. The van der Waals surface area contributed by atoms with Gasteiger partial charge in [0.05, 0.1) is 18.5 Å². The molecule has 11 heteroatoms. The van der Waals surface area contributed by atoms with Crippen LogP contribution in [0, 0.1) is 0 Å². The summed E-state index contributed by atoms with van der Waals surface area (Å²) in [5.74, 6) is 0. The zero-order chi connectivity index (χ0) is 17.9. The van der Waals surface area contributed by atoms with E-state index in [1.165, 1.54) is 18.5 Å². The Morgan fingerprint density at radius 2 is 1.45 bits per heavy atom. The second-order valence-corrected chi connectivity index (χ2v) is 12.1. The summed E-state index contributed by atoms with van der Waals surface area (Å²) in [6, 6.07) is 0. The fraction of sp³-hybridized carbons (Fsp3) is 0.909. The molecule has 0 amide bonds. The molecular formula is C11H22F6O3P2. The first-order valence-corrected chi connectivity index (χ1v) is 11.2. The van der Waals surface area contributed by atoms with Gasteiger partial charge in [-0.05, 0) is 27.7 Å². The number of hydrogen-bond acceptors (Lipinski definition) is 3. The van der Waals surface area contributed by atoms with Gasteiger partial charge < -0.3 is 9.47 Å². The van der Waals surface area contributed by atoms with E-state index in [-0.39, 0.29) is 6.10 Å². The van der Waals surface area contributed by atoms with Gasteiger partial charge >= 0.3 is 39.1 Å². The molecule has 1 saturated heterocycles. The van der Waals surface area contributed by atoms with Gasteiger partial charge in [0.1, 0.15) is 12.3 Å². The van der Waals surface area contributed by atoms with Crippen molar-refractivity contribution in [3.63, 3.8) is 0 Å². The Bertz CT molecular complexity index is 373. The maximum absolute atomic E-state index is 10.9. The number of hydrogen-bond donors (Lipinski definition) is 0. The van der Waals surface area contributed by atoms with Gasteiger partial charge in [-0.1, -0.05) is 0 Å². The molecule has 0 aromatic rings. The molecule has 1 heterocycles. The van der Waals surface area contributed by atoms with Crippen LogP contribution < -0.4 is 0 Å². The van der Waals surface area contributed by atoms with E-state index in [1.54, 1.807) is 0 Å². The van der Waals surface area contributed by atoms with Crippen molar-refractivity contribution in [1.29, 1.82) is 0 Å². The van der Waals surface area contributed by atoms with E-state index in [0.29, 0.717) is 12.3 Å². The van der Waals surface area contributed by atoms with E-state index in [9.17, 15) is 30.0 Å². The Kier molecular flexibility index (Phi) is 6.23. The molecular weight excluding hydrogens is 356 g/mol. The summed E-state index contributed by atoms with van der Waals surface area (Å²) in [5, 5.41) is 0. The first kappa shape index (κ1) is 21.7. The van der Waals surface area contributed by atoms with E-state index in [4.69, 9.17) is 9.47 Å². The van der Waals surface area contributed by atoms with Crippen LogP contribution in [0.2, 0.25) is 0 Å². The van der Waals surface area contributed by atoms with Gasteiger partial charge in [0.15, 0.2) is 6.10 Å². The summed E-state index contributed by atoms with van der Waals surface area (Å²) in [7, 11) is -11.6. The minimum absolute atomic E-state index is 0.00863. The van der Waals surface area contributed by atoms with Gasteiger partial charge in [-0.25, -0.2) is 4.79 Å². The van der Waals surface area contributed by atoms with Crippen LogP contribution in [0.25, 0.3) is 0 Å². The average Bonchev–Trinajstić information content (AvgIpc) is 2.74. The second kappa shape index (κ2) is 6.31. The molecule has 0 spiro atoms. The fourth-order valence-electron chi connectivity index (χ4n) is 2.47. The molecule has 2 atom stereocenters. The van der Waals surface area contributed by atoms with E-state index in [0.717, 1.165) is 0 Å². The van der Waals surface area contributed by atoms with Crippen LogP contribution in [0.1, 0.15) is 27.7 Å². The molecule has 136 valence electrons. The number of carbonyl (C=O) groups excluding carboxylic acids is 1. The van der Waals surface area contributed by atoms with Crippen LogP contribution >= 0.6 is 15.1 Å². The summed E-state index contributed by atoms with van der Waals surface area (Å²) in [6.07, 6.45) is 3.19. The predicted molar refractivity (Wildman–Crippen MR) is 77.8 cm³/mol. The molecule has 1 aliphatic rings. The third-order valence-electron chi connectivity index (χ3n) is 3.90. The van der Waals surface area contributed by atoms with Crippen LogP contribution in [0.5, 0.6) is 0 Å². The van der Waals surface area contributed by atoms with Crippen LogP contribution in [-0.4, -0.2) is 43.0 Å². The fourth-order valence-corrected chi connectivity index (χ4v) is 6.39. The Labute approximate surface area is 126 Å². The molecule has 1 fully saturated rings. The monoisotopic (exact) mass is 378 g/mol. The predicted octanol–water partition coefficient (Wildman–Crippen LogP) is 6.37. The topological polar surface area (TPSA) is 35.5 Å². The van der Waals surface area contributed by atoms with Gasteiger partial charge in [-0.3, -0.25) is 0 Å². The van der Waals surface area contributed by atoms with Crippen LogP contribution in [0.3, 0.4) is 0 Å². The first-order chi connectivity index (χ1) is 9.54. The van der Waals surface area contributed by atoms with Gasteiger partial charge in [0.2, 0.25) is 0 Å². The van der Waals surface area contributed by atoms with Gasteiger partial charge in [0.25, 0.3) is 0 Å². The van der Waals surface area contributed by atoms with Crippen molar-refractivity contribution in [1.82, 2.24) is 0 Å². The first-order valence-electron chi connectivity index (χ1n) is 6.80. The quantitative estimate of drug-likeness (QED) is 0.317. The molecule has 0 aliphatic carbocycles. The van der Waals surface area contributed by atoms with Crippen molar-refractivity contribution in [2.75, 3.05) is 25.1 Å². The molecule has 22 heavy (non-hydrogen) atoms. The molecule has 0 aromatic carbocycles. The van der Waals surface area contributed by atoms with Crippen molar-refractivity contribution >= 4 is 21.2 Å². The zero-order valence-corrected chi connectivity index (χ0v) is 14.7. The summed E-state index contributed by atoms with van der Waals surface area (Å²) >= 11 is 0. The molecule has 0 radical (unpaired) electrons. The standard InChI is InChI=1S/C11H22O3P.F6P/c1-5-15(6-2,7-3)9(4)10-8-13-11(12)14-10;1-7(2,3,4,5)6/h9-10H,5-8H2,1-4H3;/q+1;-1. The SMILES string of the molecule is CC[P+](CC)(CC)C(C)C1COC(=O)O1.F[P-](F)(F)(F)(F)F. The van der Waals surface area contributed by atoms with E-state index in [2.05, 4.69) is 27.7 Å². The third-order valence-corrected chi connectivity index (χ3v) is 9.74. The normalized spacial score (nSPS) is 23.4. The molecule has 0 bridgehead atoms. The van der Waals surface area contributed by atoms with Crippen LogP contribution in [0.15, 0.2) is 0 Å². The number of rotatable bonds is 5. The third kappa shape index (κ3) is 8.99. The molecule has 1 aliphatic heterocycles. The zero-order valence-electron chi connectivity index (χ0n) is 12.9. The molecule has 1 rings (SSSR count). The average molecular weight is 378 g/mol. The van der Waals surface area contributed by atoms with Crippen molar-refractivity contribution < 1.29 is 39.4 Å². The minimum atomic E-state index is -10.7. The van der Waals surface area contributed by atoms with Crippen LogP contribution in [0.4, 0.5) is 30.0 Å². The second-order valence-electron chi connectivity index (χ2n) is 5.08. The van der Waals surface area contributed by atoms with Gasteiger partial charge in [-0.15, -0.1) is 0 Å².